The summed E-state index contributed by atoms with van der Waals surface area (Å²) in [6.45, 7) is 0. The van der Waals surface area contributed by atoms with E-state index in [0.29, 0.717) is 22.0 Å². The van der Waals surface area contributed by atoms with Gasteiger partial charge in [-0.25, -0.2) is 0 Å². The van der Waals surface area contributed by atoms with Gasteiger partial charge in [-0.1, -0.05) is 90.5 Å². The van der Waals surface area contributed by atoms with Gasteiger partial charge in [0.15, 0.2) is 0 Å². The molecule has 164 valence electrons. The van der Waals surface area contributed by atoms with Crippen molar-refractivity contribution < 1.29 is 9.59 Å². The van der Waals surface area contributed by atoms with Crippen LogP contribution in [0, 0.1) is 0 Å². The van der Waals surface area contributed by atoms with Crippen LogP contribution in [0.15, 0.2) is 109 Å². The van der Waals surface area contributed by atoms with Crippen LogP contribution in [0.1, 0.15) is 33.8 Å². The summed E-state index contributed by atoms with van der Waals surface area (Å²) in [7, 11) is 0. The van der Waals surface area contributed by atoms with Gasteiger partial charge in [0.25, 0.3) is 5.91 Å². The van der Waals surface area contributed by atoms with Gasteiger partial charge in [0.1, 0.15) is 0 Å². The zero-order chi connectivity index (χ0) is 23.0. The third-order valence-electron chi connectivity index (χ3n) is 5.33. The second kappa shape index (κ2) is 10.6. The Bertz CT molecular complexity index is 1190. The fraction of sp³-hybridized carbons (Fsp3) is 0.0714. The lowest BCUT2D eigenvalue weighted by Crippen LogP contribution is -2.17. The Balaban J connectivity index is 1.45. The van der Waals surface area contributed by atoms with E-state index in [9.17, 15) is 9.59 Å². The molecule has 0 atom stereocenters. The number of hydrogen-bond donors (Lipinski definition) is 2. The van der Waals surface area contributed by atoms with Crippen LogP contribution < -0.4 is 10.6 Å². The van der Waals surface area contributed by atoms with E-state index in [-0.39, 0.29) is 24.2 Å². The molecule has 0 saturated carbocycles. The molecule has 0 unspecified atom stereocenters. The van der Waals surface area contributed by atoms with Gasteiger partial charge in [-0.3, -0.25) is 9.59 Å². The number of carbonyl (C=O) groups excluding carboxylic acids is 2. The fourth-order valence-corrected chi connectivity index (χ4v) is 3.90. The van der Waals surface area contributed by atoms with Crippen LogP contribution in [0.3, 0.4) is 0 Å². The molecule has 0 saturated heterocycles. The van der Waals surface area contributed by atoms with Crippen LogP contribution in [-0.2, 0) is 4.79 Å². The first-order chi connectivity index (χ1) is 16.1. The molecule has 0 aliphatic rings. The molecular weight excluding hydrogens is 432 g/mol. The minimum atomic E-state index is -0.247. The summed E-state index contributed by atoms with van der Waals surface area (Å²) in [5.41, 5.74) is 3.75. The summed E-state index contributed by atoms with van der Waals surface area (Å²) in [4.78, 5) is 25.3. The Morgan fingerprint density at radius 3 is 1.79 bits per heavy atom. The van der Waals surface area contributed by atoms with Crippen molar-refractivity contribution in [2.45, 2.75) is 12.3 Å². The number of nitrogens with one attached hydrogen (secondary N) is 2. The summed E-state index contributed by atoms with van der Waals surface area (Å²) < 4.78 is 0. The van der Waals surface area contributed by atoms with Crippen LogP contribution in [0.4, 0.5) is 11.4 Å². The molecule has 5 heteroatoms. The SMILES string of the molecule is O=C(CC(c1ccccc1)c1ccccc1)Nc1ccc(NC(=O)c2ccccc2)c(Cl)c1. The first-order valence-electron chi connectivity index (χ1n) is 10.7. The summed E-state index contributed by atoms with van der Waals surface area (Å²) in [5, 5.41) is 6.07. The minimum Gasteiger partial charge on any atom is -0.326 e. The van der Waals surface area contributed by atoms with Crippen molar-refractivity contribution in [2.75, 3.05) is 10.6 Å². The zero-order valence-electron chi connectivity index (χ0n) is 17.9. The average Bonchev–Trinajstić information content (AvgIpc) is 2.86. The van der Waals surface area contributed by atoms with Gasteiger partial charge in [0.2, 0.25) is 5.91 Å². The maximum Gasteiger partial charge on any atom is 0.255 e. The fourth-order valence-electron chi connectivity index (χ4n) is 3.67. The Kier molecular flexibility index (Phi) is 7.18. The molecule has 0 radical (unpaired) electrons. The van der Waals surface area contributed by atoms with Crippen molar-refractivity contribution >= 4 is 34.8 Å². The standard InChI is InChI=1S/C28H23ClN2O2/c29-25-18-23(16-17-26(25)31-28(33)22-14-8-3-9-15-22)30-27(32)19-24(20-10-4-1-5-11-20)21-12-6-2-7-13-21/h1-18,24H,19H2,(H,30,32)(H,31,33). The number of anilines is 2. The highest BCUT2D eigenvalue weighted by molar-refractivity contribution is 6.34. The number of carbonyl (C=O) groups is 2. The molecule has 0 spiro atoms. The molecule has 0 aromatic heterocycles. The number of hydrogen-bond acceptors (Lipinski definition) is 2. The lowest BCUT2D eigenvalue weighted by Gasteiger charge is -2.18. The van der Waals surface area contributed by atoms with Gasteiger partial charge in [-0.15, -0.1) is 0 Å². The molecular formula is C28H23ClN2O2. The van der Waals surface area contributed by atoms with Gasteiger partial charge in [0, 0.05) is 23.6 Å². The van der Waals surface area contributed by atoms with Gasteiger partial charge < -0.3 is 10.6 Å². The van der Waals surface area contributed by atoms with Crippen LogP contribution in [0.5, 0.6) is 0 Å². The van der Waals surface area contributed by atoms with E-state index in [1.165, 1.54) is 0 Å². The van der Waals surface area contributed by atoms with Gasteiger partial charge in [-0.2, -0.15) is 0 Å². The van der Waals surface area contributed by atoms with Crippen molar-refractivity contribution in [3.8, 4) is 0 Å². The Morgan fingerprint density at radius 2 is 1.24 bits per heavy atom. The third kappa shape index (κ3) is 5.88. The predicted molar refractivity (Wildman–Crippen MR) is 134 cm³/mol. The zero-order valence-corrected chi connectivity index (χ0v) is 18.6. The molecule has 0 fully saturated rings. The molecule has 2 amide bonds. The molecule has 0 bridgehead atoms. The van der Waals surface area contributed by atoms with E-state index in [4.69, 9.17) is 11.6 Å². The summed E-state index contributed by atoms with van der Waals surface area (Å²) in [5.74, 6) is -0.431. The molecule has 4 nitrogen and oxygen atoms in total. The topological polar surface area (TPSA) is 58.2 Å². The Hall–Kier alpha value is -3.89. The average molecular weight is 455 g/mol. The molecule has 4 aromatic rings. The number of halogens is 1. The lowest BCUT2D eigenvalue weighted by atomic mass is 9.88. The highest BCUT2D eigenvalue weighted by Crippen LogP contribution is 2.30. The van der Waals surface area contributed by atoms with Crippen LogP contribution >= 0.6 is 11.6 Å². The Labute approximate surface area is 198 Å². The van der Waals surface area contributed by atoms with Gasteiger partial charge in [0.05, 0.1) is 10.7 Å². The van der Waals surface area contributed by atoms with Crippen molar-refractivity contribution in [1.82, 2.24) is 0 Å². The van der Waals surface area contributed by atoms with Crippen LogP contribution in [0.25, 0.3) is 0 Å². The molecule has 0 aliphatic heterocycles. The van der Waals surface area contributed by atoms with E-state index in [1.807, 2.05) is 66.7 Å². The highest BCUT2D eigenvalue weighted by atomic mass is 35.5. The summed E-state index contributed by atoms with van der Waals surface area (Å²) >= 11 is 6.38. The van der Waals surface area contributed by atoms with Crippen molar-refractivity contribution in [1.29, 1.82) is 0 Å². The molecule has 33 heavy (non-hydrogen) atoms. The highest BCUT2D eigenvalue weighted by Gasteiger charge is 2.18. The first-order valence-corrected chi connectivity index (χ1v) is 11.0. The maximum absolute atomic E-state index is 12.9. The number of amides is 2. The van der Waals surface area contributed by atoms with Crippen LogP contribution in [-0.4, -0.2) is 11.8 Å². The molecule has 0 aliphatic carbocycles. The first kappa shape index (κ1) is 22.3. The lowest BCUT2D eigenvalue weighted by molar-refractivity contribution is -0.116. The summed E-state index contributed by atoms with van der Waals surface area (Å²) in [6.07, 6.45) is 0.290. The van der Waals surface area contributed by atoms with Gasteiger partial charge >= 0.3 is 0 Å². The largest absolute Gasteiger partial charge is 0.326 e. The van der Waals surface area contributed by atoms with Gasteiger partial charge in [-0.05, 0) is 41.5 Å². The van der Waals surface area contributed by atoms with Crippen molar-refractivity contribution in [3.05, 3.63) is 131 Å². The normalized spacial score (nSPS) is 10.6. The predicted octanol–water partition coefficient (Wildman–Crippen LogP) is 6.75. The minimum absolute atomic E-state index is 0.0627. The molecule has 4 rings (SSSR count). The molecule has 2 N–H and O–H groups in total. The maximum atomic E-state index is 12.9. The van der Waals surface area contributed by atoms with E-state index >= 15 is 0 Å². The number of rotatable bonds is 7. The smallest absolute Gasteiger partial charge is 0.255 e. The molecule has 4 aromatic carbocycles. The quantitative estimate of drug-likeness (QED) is 0.324. The van der Waals surface area contributed by atoms with Crippen molar-refractivity contribution in [3.63, 3.8) is 0 Å². The van der Waals surface area contributed by atoms with Crippen LogP contribution in [0.2, 0.25) is 5.02 Å². The second-order valence-electron chi connectivity index (χ2n) is 7.64. The Morgan fingerprint density at radius 1 is 0.697 bits per heavy atom. The van der Waals surface area contributed by atoms with E-state index in [0.717, 1.165) is 11.1 Å². The van der Waals surface area contributed by atoms with E-state index < -0.39 is 0 Å². The monoisotopic (exact) mass is 454 g/mol. The third-order valence-corrected chi connectivity index (χ3v) is 5.64. The molecule has 0 heterocycles. The van der Waals surface area contributed by atoms with Crippen molar-refractivity contribution in [2.24, 2.45) is 0 Å². The number of benzene rings is 4. The second-order valence-corrected chi connectivity index (χ2v) is 8.05. The summed E-state index contributed by atoms with van der Waals surface area (Å²) in [6, 6.07) is 33.9. The van der Waals surface area contributed by atoms with E-state index in [1.54, 1.807) is 42.5 Å². The van der Waals surface area contributed by atoms with E-state index in [2.05, 4.69) is 10.6 Å².